The zero-order valence-corrected chi connectivity index (χ0v) is 12.7. The second-order valence-electron chi connectivity index (χ2n) is 6.45. The van der Waals surface area contributed by atoms with Gasteiger partial charge in [0.1, 0.15) is 0 Å². The minimum absolute atomic E-state index is 0.125. The molecule has 2 heteroatoms. The minimum atomic E-state index is 0.125. The van der Waals surface area contributed by atoms with Crippen LogP contribution >= 0.6 is 0 Å². The first-order chi connectivity index (χ1) is 8.96. The molecule has 106 valence electrons. The molecule has 1 aromatic rings. The van der Waals surface area contributed by atoms with Crippen molar-refractivity contribution < 1.29 is 5.11 Å². The van der Waals surface area contributed by atoms with Crippen LogP contribution in [-0.2, 0) is 0 Å². The van der Waals surface area contributed by atoms with Crippen molar-refractivity contribution in [2.45, 2.75) is 52.5 Å². The molecule has 0 saturated carbocycles. The highest BCUT2D eigenvalue weighted by Gasteiger charge is 2.38. The van der Waals surface area contributed by atoms with Crippen molar-refractivity contribution in [3.05, 3.63) is 29.3 Å². The van der Waals surface area contributed by atoms with Gasteiger partial charge >= 0.3 is 0 Å². The summed E-state index contributed by atoms with van der Waals surface area (Å²) in [6.45, 7) is 10.4. The largest absolute Gasteiger partial charge is 0.396 e. The van der Waals surface area contributed by atoms with Gasteiger partial charge in [-0.3, -0.25) is 0 Å². The number of anilines is 1. The average Bonchev–Trinajstić information content (AvgIpc) is 2.35. The SMILES string of the molecule is Cc1ccc(C)c(N2CCCC(CCO)C2(C)C)c1. The van der Waals surface area contributed by atoms with E-state index in [0.29, 0.717) is 12.5 Å². The maximum Gasteiger partial charge on any atom is 0.0434 e. The summed E-state index contributed by atoms with van der Waals surface area (Å²) >= 11 is 0. The summed E-state index contributed by atoms with van der Waals surface area (Å²) in [4.78, 5) is 2.55. The van der Waals surface area contributed by atoms with Gasteiger partial charge in [0.05, 0.1) is 0 Å². The van der Waals surface area contributed by atoms with Gasteiger partial charge in [-0.05, 0) is 70.1 Å². The van der Waals surface area contributed by atoms with Crippen LogP contribution in [0, 0.1) is 19.8 Å². The monoisotopic (exact) mass is 261 g/mol. The highest BCUT2D eigenvalue weighted by molar-refractivity contribution is 5.57. The number of piperidine rings is 1. The summed E-state index contributed by atoms with van der Waals surface area (Å²) in [6.07, 6.45) is 3.37. The predicted octanol–water partition coefficient (Wildman–Crippen LogP) is 3.68. The van der Waals surface area contributed by atoms with Crippen molar-refractivity contribution in [3.8, 4) is 0 Å². The van der Waals surface area contributed by atoms with Crippen LogP contribution in [0.15, 0.2) is 18.2 Å². The molecule has 1 aliphatic heterocycles. The molecule has 0 bridgehead atoms. The number of aryl methyl sites for hydroxylation is 2. The van der Waals surface area contributed by atoms with Gasteiger partial charge in [-0.25, -0.2) is 0 Å². The fraction of sp³-hybridized carbons (Fsp3) is 0.647. The molecule has 1 unspecified atom stereocenters. The molecule has 19 heavy (non-hydrogen) atoms. The summed E-state index contributed by atoms with van der Waals surface area (Å²) in [6, 6.07) is 6.70. The van der Waals surface area contributed by atoms with Gasteiger partial charge in [0.15, 0.2) is 0 Å². The van der Waals surface area contributed by atoms with Crippen LogP contribution in [0.2, 0.25) is 0 Å². The smallest absolute Gasteiger partial charge is 0.0434 e. The van der Waals surface area contributed by atoms with Crippen molar-refractivity contribution in [2.24, 2.45) is 5.92 Å². The summed E-state index contributed by atoms with van der Waals surface area (Å²) in [5.41, 5.74) is 4.16. The third-order valence-electron chi connectivity index (χ3n) is 4.76. The van der Waals surface area contributed by atoms with E-state index in [-0.39, 0.29) is 5.54 Å². The Morgan fingerprint density at radius 3 is 2.74 bits per heavy atom. The quantitative estimate of drug-likeness (QED) is 0.897. The van der Waals surface area contributed by atoms with Gasteiger partial charge in [0, 0.05) is 24.4 Å². The van der Waals surface area contributed by atoms with E-state index in [1.807, 2.05) is 0 Å². The Morgan fingerprint density at radius 1 is 1.32 bits per heavy atom. The summed E-state index contributed by atoms with van der Waals surface area (Å²) in [7, 11) is 0. The molecule has 0 aliphatic carbocycles. The molecule has 1 aliphatic rings. The third-order valence-corrected chi connectivity index (χ3v) is 4.76. The van der Waals surface area contributed by atoms with Crippen molar-refractivity contribution in [3.63, 3.8) is 0 Å². The molecule has 2 nitrogen and oxygen atoms in total. The average molecular weight is 261 g/mol. The van der Waals surface area contributed by atoms with Crippen LogP contribution in [0.5, 0.6) is 0 Å². The van der Waals surface area contributed by atoms with Gasteiger partial charge in [0.25, 0.3) is 0 Å². The van der Waals surface area contributed by atoms with E-state index in [2.05, 4.69) is 50.8 Å². The number of hydrogen-bond acceptors (Lipinski definition) is 2. The fourth-order valence-corrected chi connectivity index (χ4v) is 3.45. The zero-order valence-electron chi connectivity index (χ0n) is 12.7. The van der Waals surface area contributed by atoms with Gasteiger partial charge < -0.3 is 10.0 Å². The van der Waals surface area contributed by atoms with Crippen LogP contribution < -0.4 is 4.90 Å². The number of hydrogen-bond donors (Lipinski definition) is 1. The van der Waals surface area contributed by atoms with Crippen LogP contribution in [0.4, 0.5) is 5.69 Å². The molecule has 1 atom stereocenters. The lowest BCUT2D eigenvalue weighted by atomic mass is 9.76. The van der Waals surface area contributed by atoms with Crippen molar-refractivity contribution >= 4 is 5.69 Å². The van der Waals surface area contributed by atoms with Crippen molar-refractivity contribution in [2.75, 3.05) is 18.1 Å². The molecule has 1 heterocycles. The molecule has 2 rings (SSSR count). The molecular formula is C17H27NO. The standard InChI is InChI=1S/C17H27NO/c1-13-7-8-14(2)16(12-13)18-10-5-6-15(9-11-19)17(18,3)4/h7-8,12,15,19H,5-6,9-11H2,1-4H3. The third kappa shape index (κ3) is 2.79. The van der Waals surface area contributed by atoms with Crippen molar-refractivity contribution in [1.29, 1.82) is 0 Å². The molecular weight excluding hydrogens is 234 g/mol. The van der Waals surface area contributed by atoms with Crippen molar-refractivity contribution in [1.82, 2.24) is 0 Å². The maximum absolute atomic E-state index is 9.29. The molecule has 1 aromatic carbocycles. The van der Waals surface area contributed by atoms with E-state index in [1.165, 1.54) is 29.7 Å². The molecule has 1 saturated heterocycles. The molecule has 0 aromatic heterocycles. The van der Waals surface area contributed by atoms with Gasteiger partial charge in [-0.1, -0.05) is 12.1 Å². The number of aliphatic hydroxyl groups excluding tert-OH is 1. The molecule has 0 amide bonds. The molecule has 0 radical (unpaired) electrons. The van der Waals surface area contributed by atoms with Crippen LogP contribution in [0.1, 0.15) is 44.2 Å². The van der Waals surface area contributed by atoms with E-state index in [9.17, 15) is 5.11 Å². The first kappa shape index (κ1) is 14.4. The molecule has 0 spiro atoms. The fourth-order valence-electron chi connectivity index (χ4n) is 3.45. The molecule has 1 N–H and O–H groups in total. The minimum Gasteiger partial charge on any atom is -0.396 e. The Labute approximate surface area is 117 Å². The van der Waals surface area contributed by atoms with Gasteiger partial charge in [-0.2, -0.15) is 0 Å². The van der Waals surface area contributed by atoms with E-state index in [4.69, 9.17) is 0 Å². The summed E-state index contributed by atoms with van der Waals surface area (Å²) in [5, 5.41) is 9.29. The van der Waals surface area contributed by atoms with Crippen LogP contribution in [-0.4, -0.2) is 23.8 Å². The van der Waals surface area contributed by atoms with Crippen LogP contribution in [0.25, 0.3) is 0 Å². The number of benzene rings is 1. The van der Waals surface area contributed by atoms with E-state index in [0.717, 1.165) is 13.0 Å². The lowest BCUT2D eigenvalue weighted by molar-refractivity contribution is 0.176. The number of rotatable bonds is 3. The predicted molar refractivity (Wildman–Crippen MR) is 81.8 cm³/mol. The highest BCUT2D eigenvalue weighted by Crippen LogP contribution is 2.39. The summed E-state index contributed by atoms with van der Waals surface area (Å²) < 4.78 is 0. The number of nitrogens with zero attached hydrogens (tertiary/aromatic N) is 1. The Hall–Kier alpha value is -1.02. The lowest BCUT2D eigenvalue weighted by Crippen LogP contribution is -2.54. The Kier molecular flexibility index (Phi) is 4.19. The Balaban J connectivity index is 2.34. The lowest BCUT2D eigenvalue weighted by Gasteiger charge is -2.50. The topological polar surface area (TPSA) is 23.5 Å². The molecule has 1 fully saturated rings. The normalized spacial score (nSPS) is 22.6. The second kappa shape index (κ2) is 5.54. The Bertz CT molecular complexity index is 437. The Morgan fingerprint density at radius 2 is 2.05 bits per heavy atom. The van der Waals surface area contributed by atoms with Gasteiger partial charge in [0.2, 0.25) is 0 Å². The summed E-state index contributed by atoms with van der Waals surface area (Å²) in [5.74, 6) is 0.575. The number of aliphatic hydroxyl groups is 1. The van der Waals surface area contributed by atoms with Gasteiger partial charge in [-0.15, -0.1) is 0 Å². The van der Waals surface area contributed by atoms with Crippen LogP contribution in [0.3, 0.4) is 0 Å². The first-order valence-corrected chi connectivity index (χ1v) is 7.42. The maximum atomic E-state index is 9.29. The highest BCUT2D eigenvalue weighted by atomic mass is 16.3. The van der Waals surface area contributed by atoms with E-state index < -0.39 is 0 Å². The second-order valence-corrected chi connectivity index (χ2v) is 6.45. The zero-order chi connectivity index (χ0) is 14.0. The van der Waals surface area contributed by atoms with E-state index >= 15 is 0 Å². The van der Waals surface area contributed by atoms with E-state index in [1.54, 1.807) is 0 Å². The first-order valence-electron chi connectivity index (χ1n) is 7.42.